The number of nitrogens with two attached hydrogens (primary N) is 1. The Kier molecular flexibility index (Phi) is 16.5. The Bertz CT molecular complexity index is 2590. The van der Waals surface area contributed by atoms with Gasteiger partial charge in [0.25, 0.3) is 0 Å². The molecule has 0 bridgehead atoms. The quantitative estimate of drug-likeness (QED) is 0.0724. The molecule has 9 nitrogen and oxygen atoms in total. The van der Waals surface area contributed by atoms with Crippen LogP contribution in [0.4, 0.5) is 52.2 Å². The highest BCUT2D eigenvalue weighted by atomic mass is 35.7. The number of fused-ring (bicyclic) bond motifs is 2. The first-order valence-corrected chi connectivity index (χ1v) is 23.9. The van der Waals surface area contributed by atoms with Crippen molar-refractivity contribution in [1.82, 2.24) is 0 Å². The van der Waals surface area contributed by atoms with Gasteiger partial charge in [-0.25, -0.2) is 52.0 Å². The second-order valence-corrected chi connectivity index (χ2v) is 20.3. The largest absolute Gasteiger partial charge is 0.399 e. The third-order valence-corrected chi connectivity index (χ3v) is 12.9. The number of benzene rings is 4. The van der Waals surface area contributed by atoms with Crippen molar-refractivity contribution in [1.29, 1.82) is 0 Å². The molecule has 2 aliphatic heterocycles. The number of amides is 2. The fourth-order valence-corrected chi connectivity index (χ4v) is 9.65. The Morgan fingerprint density at radius 1 is 0.603 bits per heavy atom. The lowest BCUT2D eigenvalue weighted by molar-refractivity contribution is -0.120. The lowest BCUT2D eigenvalue weighted by Gasteiger charge is -2.33. The van der Waals surface area contributed by atoms with E-state index in [4.69, 9.17) is 16.4 Å². The Hall–Kier alpha value is -4.75. The van der Waals surface area contributed by atoms with Gasteiger partial charge in [-0.05, 0) is 79.5 Å². The van der Waals surface area contributed by atoms with E-state index in [1.807, 2.05) is 36.9 Å². The van der Waals surface area contributed by atoms with Gasteiger partial charge in [0.1, 0.15) is 0 Å². The maximum atomic E-state index is 14.1. The number of nitrogen functional groups attached to an aromatic ring is 1. The van der Waals surface area contributed by atoms with Gasteiger partial charge in [-0.15, -0.1) is 0 Å². The minimum atomic E-state index is -4.31. The van der Waals surface area contributed by atoms with Crippen LogP contribution in [-0.4, -0.2) is 41.7 Å². The summed E-state index contributed by atoms with van der Waals surface area (Å²) in [5, 5.41) is 0. The van der Waals surface area contributed by atoms with E-state index < -0.39 is 105 Å². The summed E-state index contributed by atoms with van der Waals surface area (Å²) in [5.74, 6) is -16.0. The summed E-state index contributed by atoms with van der Waals surface area (Å²) in [6.45, 7) is 11.0. The van der Waals surface area contributed by atoms with Crippen LogP contribution in [-0.2, 0) is 45.7 Å². The van der Waals surface area contributed by atoms with Crippen LogP contribution >= 0.6 is 10.7 Å². The van der Waals surface area contributed by atoms with Crippen LogP contribution in [0.15, 0.2) is 36.4 Å². The molecule has 2 atom stereocenters. The zero-order valence-electron chi connectivity index (χ0n) is 35.1. The van der Waals surface area contributed by atoms with Gasteiger partial charge >= 0.3 is 0 Å². The maximum Gasteiger partial charge on any atom is 0.236 e. The Balaban J connectivity index is 0.000000229. The fraction of sp³-hybridized carbons (Fsp3) is 0.395. The number of carbonyl (C=O) groups excluding carboxylic acids is 2. The van der Waals surface area contributed by atoms with Gasteiger partial charge in [0.2, 0.25) is 20.9 Å². The summed E-state index contributed by atoms with van der Waals surface area (Å²) in [6.07, 6.45) is 2.62. The average Bonchev–Trinajstić information content (AvgIpc) is 3.21. The Morgan fingerprint density at radius 2 is 0.984 bits per heavy atom. The molecule has 0 aliphatic carbocycles. The molecule has 4 aromatic rings. The monoisotopic (exact) mass is 951 g/mol. The van der Waals surface area contributed by atoms with E-state index in [0.717, 1.165) is 50.2 Å². The first kappa shape index (κ1) is 50.9. The molecule has 6 rings (SSSR count). The molecule has 344 valence electrons. The molecule has 0 radical (unpaired) electrons. The zero-order chi connectivity index (χ0) is 47.5. The van der Waals surface area contributed by atoms with Crippen molar-refractivity contribution in [3.05, 3.63) is 122 Å². The number of nitrogens with zero attached hydrogens (tertiary/aromatic N) is 2. The smallest absolute Gasteiger partial charge is 0.236 e. The average molecular weight is 952 g/mol. The summed E-state index contributed by atoms with van der Waals surface area (Å²) in [4.78, 5) is 27.8. The lowest BCUT2D eigenvalue weighted by Crippen LogP contribution is -2.36. The predicted octanol–water partition coefficient (Wildman–Crippen LogP) is 10.1. The first-order chi connectivity index (χ1) is 29.2. The second kappa shape index (κ2) is 20.4. The highest BCUT2D eigenvalue weighted by Gasteiger charge is 2.32. The molecule has 0 spiro atoms. The molecule has 2 unspecified atom stereocenters. The van der Waals surface area contributed by atoms with Crippen LogP contribution in [0.2, 0.25) is 0 Å². The molecule has 0 fully saturated rings. The fourth-order valence-electron chi connectivity index (χ4n) is 7.24. The van der Waals surface area contributed by atoms with Gasteiger partial charge in [-0.2, -0.15) is 0 Å². The molecule has 0 saturated heterocycles. The van der Waals surface area contributed by atoms with Crippen LogP contribution in [0.1, 0.15) is 104 Å². The molecule has 2 N–H and O–H groups in total. The Morgan fingerprint density at radius 3 is 1.38 bits per heavy atom. The van der Waals surface area contributed by atoms with E-state index in [1.165, 1.54) is 11.6 Å². The summed E-state index contributed by atoms with van der Waals surface area (Å²) in [7, 11) is -3.71. The van der Waals surface area contributed by atoms with E-state index in [0.29, 0.717) is 30.6 Å². The number of anilines is 3. The number of sulfone groups is 1. The summed E-state index contributed by atoms with van der Waals surface area (Å²) in [5.41, 5.74) is 6.62. The van der Waals surface area contributed by atoms with Gasteiger partial charge in [-0.1, -0.05) is 39.8 Å². The minimum absolute atomic E-state index is 0.00315. The van der Waals surface area contributed by atoms with Crippen LogP contribution < -0.4 is 15.5 Å². The van der Waals surface area contributed by atoms with E-state index in [1.54, 1.807) is 17.0 Å². The molecule has 2 heterocycles. The zero-order valence-corrected chi connectivity index (χ0v) is 37.5. The third kappa shape index (κ3) is 11.7. The van der Waals surface area contributed by atoms with Gasteiger partial charge in [0, 0.05) is 75.9 Å². The molecular formula is C43H46ClF8N3O6S2. The van der Waals surface area contributed by atoms with Gasteiger partial charge in [-0.3, -0.25) is 9.59 Å². The van der Waals surface area contributed by atoms with Gasteiger partial charge in [0.05, 0.1) is 17.3 Å². The van der Waals surface area contributed by atoms with Crippen molar-refractivity contribution in [3.8, 4) is 0 Å². The van der Waals surface area contributed by atoms with Crippen molar-refractivity contribution >= 4 is 58.4 Å². The van der Waals surface area contributed by atoms with Crippen LogP contribution in [0, 0.1) is 60.4 Å². The molecule has 4 aromatic carbocycles. The Labute approximate surface area is 365 Å². The maximum absolute atomic E-state index is 14.1. The number of hydrogen-bond acceptors (Lipinski definition) is 7. The van der Waals surface area contributed by atoms with Crippen molar-refractivity contribution in [3.63, 3.8) is 0 Å². The highest BCUT2D eigenvalue weighted by molar-refractivity contribution is 8.13. The molecule has 0 saturated carbocycles. The van der Waals surface area contributed by atoms with Crippen molar-refractivity contribution in [2.45, 2.75) is 96.3 Å². The molecule has 20 heteroatoms. The van der Waals surface area contributed by atoms with Crippen LogP contribution in [0.3, 0.4) is 0 Å². The molecular weight excluding hydrogens is 906 g/mol. The number of carbonyl (C=O) groups is 2. The van der Waals surface area contributed by atoms with E-state index in [-0.39, 0.29) is 23.7 Å². The summed E-state index contributed by atoms with van der Waals surface area (Å²) >= 11 is 0. The van der Waals surface area contributed by atoms with Crippen LogP contribution in [0.5, 0.6) is 0 Å². The van der Waals surface area contributed by atoms with E-state index in [9.17, 15) is 61.5 Å². The molecule has 0 aromatic heterocycles. The summed E-state index contributed by atoms with van der Waals surface area (Å²) in [6, 6.07) is 10.7. The standard InChI is InChI=1S/C22H23F4NO3S.C13H18N2O.C8H5ClF4O2S/c1-4-7-27-17-6-5-14(9-15(17)12(2)8-18(27)28)10-31(29,30)11-16-21(25)19(23)13(3)20(24)22(16)26;1-3-6-15-12-5-4-10(14)8-11(12)9(2)7-13(15)16;1-3-5(10)7(12)4(2-16(9,14)15)8(13)6(3)11/h5-6,9,12H,4,7-8,10-11H2,1-3H3;4-5,8-9H,3,6-7,14H2,1-2H3;2H2,1H3. The van der Waals surface area contributed by atoms with Crippen molar-refractivity contribution in [2.75, 3.05) is 28.6 Å². The summed E-state index contributed by atoms with van der Waals surface area (Å²) < 4.78 is 154. The van der Waals surface area contributed by atoms with Crippen molar-refractivity contribution in [2.24, 2.45) is 0 Å². The highest BCUT2D eigenvalue weighted by Crippen LogP contribution is 2.38. The first-order valence-electron chi connectivity index (χ1n) is 19.6. The normalized spacial score (nSPS) is 16.2. The van der Waals surface area contributed by atoms with E-state index in [2.05, 4.69) is 13.8 Å². The topological polar surface area (TPSA) is 135 Å². The molecule has 2 amide bonds. The van der Waals surface area contributed by atoms with Gasteiger partial charge < -0.3 is 15.5 Å². The number of halogens is 9. The van der Waals surface area contributed by atoms with E-state index >= 15 is 0 Å². The second-order valence-electron chi connectivity index (χ2n) is 15.4. The predicted molar refractivity (Wildman–Crippen MR) is 225 cm³/mol. The van der Waals surface area contributed by atoms with Crippen LogP contribution in [0.25, 0.3) is 0 Å². The third-order valence-electron chi connectivity index (χ3n) is 10.5. The lowest BCUT2D eigenvalue weighted by atomic mass is 9.90. The minimum Gasteiger partial charge on any atom is -0.399 e. The molecule has 63 heavy (non-hydrogen) atoms. The van der Waals surface area contributed by atoms with Gasteiger partial charge in [0.15, 0.2) is 56.4 Å². The SMILES string of the molecule is CCCN1C(=O)CC(C)c2cc(CS(=O)(=O)Cc3c(F)c(F)c(C)c(F)c3F)ccc21.CCCN1C(=O)CC(C)c2cc(N)ccc21.Cc1c(F)c(F)c(CS(=O)(=O)Cl)c(F)c1F. The molecule has 2 aliphatic rings. The van der Waals surface area contributed by atoms with Crippen molar-refractivity contribution < 1.29 is 61.5 Å². The number of rotatable bonds is 10. The number of hydrogen-bond donors (Lipinski definition) is 1.